The molecule has 1 rings (SSSR count). The fourth-order valence-electron chi connectivity index (χ4n) is 2.03. The van der Waals surface area contributed by atoms with E-state index >= 15 is 0 Å². The maximum atomic E-state index is 9.38. The highest BCUT2D eigenvalue weighted by molar-refractivity contribution is 9.11. The highest BCUT2D eigenvalue weighted by atomic mass is 79.9. The monoisotopic (exact) mass is 387 g/mol. The molecule has 0 radical (unpaired) electrons. The van der Waals surface area contributed by atoms with Gasteiger partial charge < -0.3 is 5.11 Å². The Morgan fingerprint density at radius 3 is 2.41 bits per heavy atom. The highest BCUT2D eigenvalue weighted by Gasteiger charge is 2.20. The molecule has 1 N–H and O–H groups in total. The second kappa shape index (κ2) is 10.8. The van der Waals surface area contributed by atoms with Gasteiger partial charge in [-0.05, 0) is 45.8 Å². The van der Waals surface area contributed by atoms with Crippen LogP contribution >= 0.6 is 27.3 Å². The first-order chi connectivity index (χ1) is 10.2. The summed E-state index contributed by atoms with van der Waals surface area (Å²) in [6, 6.07) is 3.78. The Labute approximate surface area is 146 Å². The molecule has 22 heavy (non-hydrogen) atoms. The van der Waals surface area contributed by atoms with Crippen LogP contribution in [0.5, 0.6) is 0 Å². The number of nitriles is 1. The summed E-state index contributed by atoms with van der Waals surface area (Å²) in [4.78, 5) is 10.9. The smallest absolute Gasteiger partial charge is 0.317 e. The zero-order valence-corrected chi connectivity index (χ0v) is 16.3. The van der Waals surface area contributed by atoms with Crippen molar-refractivity contribution in [2.75, 3.05) is 0 Å². The fourth-order valence-corrected chi connectivity index (χ4v) is 3.78. The minimum absolute atomic E-state index is 0.288. The van der Waals surface area contributed by atoms with Crippen molar-refractivity contribution in [2.24, 2.45) is 0 Å². The lowest BCUT2D eigenvalue weighted by Gasteiger charge is -2.18. The van der Waals surface area contributed by atoms with Gasteiger partial charge in [0.05, 0.1) is 9.86 Å². The summed E-state index contributed by atoms with van der Waals surface area (Å²) < 4.78 is 1.28. The average Bonchev–Trinajstić information content (AvgIpc) is 2.76. The maximum Gasteiger partial charge on any atom is 0.317 e. The first kappa shape index (κ1) is 21.1. The lowest BCUT2D eigenvalue weighted by molar-refractivity contribution is -0.135. The van der Waals surface area contributed by atoms with E-state index in [1.54, 1.807) is 10.4 Å². The number of rotatable bonds is 6. The molecule has 5 heteroatoms. The number of carboxylic acid groups (broad SMARTS) is 1. The summed E-state index contributed by atoms with van der Waals surface area (Å²) in [5.74, 6) is -1.07. The normalized spacial score (nSPS) is 10.5. The third kappa shape index (κ3) is 9.22. The van der Waals surface area contributed by atoms with Crippen molar-refractivity contribution in [2.45, 2.75) is 71.6 Å². The molecule has 124 valence electrons. The summed E-state index contributed by atoms with van der Waals surface area (Å²) in [5, 5.41) is 15.3. The van der Waals surface area contributed by atoms with Crippen molar-refractivity contribution in [1.29, 1.82) is 5.26 Å². The van der Waals surface area contributed by atoms with E-state index in [1.165, 1.54) is 42.0 Å². The number of aliphatic carboxylic acids is 1. The van der Waals surface area contributed by atoms with Gasteiger partial charge in [-0.2, -0.15) is 5.26 Å². The van der Waals surface area contributed by atoms with Crippen LogP contribution in [0.2, 0.25) is 0 Å². The minimum atomic E-state index is -1.07. The summed E-state index contributed by atoms with van der Waals surface area (Å²) in [6.07, 6.45) is 6.23. The Bertz CT molecular complexity index is 498. The van der Waals surface area contributed by atoms with Gasteiger partial charge in [0.25, 0.3) is 0 Å². The largest absolute Gasteiger partial charge is 0.480 e. The van der Waals surface area contributed by atoms with Gasteiger partial charge in [-0.15, -0.1) is 11.3 Å². The average molecular weight is 388 g/mol. The number of hydrogen-bond donors (Lipinski definition) is 1. The van der Waals surface area contributed by atoms with Gasteiger partial charge in [-0.3, -0.25) is 4.79 Å². The van der Waals surface area contributed by atoms with Gasteiger partial charge in [-0.25, -0.2) is 0 Å². The Kier molecular flexibility index (Phi) is 10.4. The second-order valence-electron chi connectivity index (χ2n) is 6.19. The number of unbranched alkanes of at least 4 members (excludes halogenated alkanes) is 3. The molecule has 1 aromatic rings. The predicted octanol–water partition coefficient (Wildman–Crippen LogP) is 5.92. The maximum absolute atomic E-state index is 9.38. The van der Waals surface area contributed by atoms with Crippen LogP contribution in [0.15, 0.2) is 9.85 Å². The molecule has 1 heterocycles. The van der Waals surface area contributed by atoms with E-state index in [1.807, 2.05) is 11.3 Å². The van der Waals surface area contributed by atoms with Crippen molar-refractivity contribution >= 4 is 33.2 Å². The van der Waals surface area contributed by atoms with Crippen LogP contribution in [-0.2, 0) is 16.6 Å². The van der Waals surface area contributed by atoms with Crippen molar-refractivity contribution in [3.63, 3.8) is 0 Å². The molecule has 0 amide bonds. The first-order valence-corrected chi connectivity index (χ1v) is 9.20. The van der Waals surface area contributed by atoms with E-state index in [9.17, 15) is 4.79 Å². The Balaban J connectivity index is 0.000000626. The molecule has 0 bridgehead atoms. The highest BCUT2D eigenvalue weighted by Crippen LogP contribution is 2.37. The van der Waals surface area contributed by atoms with Gasteiger partial charge in [0.15, 0.2) is 0 Å². The number of nitrogens with zero attached hydrogens (tertiary/aromatic N) is 1. The summed E-state index contributed by atoms with van der Waals surface area (Å²) >= 11 is 5.52. The Hall–Kier alpha value is -0.860. The van der Waals surface area contributed by atoms with Gasteiger partial charge >= 0.3 is 5.97 Å². The van der Waals surface area contributed by atoms with Crippen molar-refractivity contribution in [3.8, 4) is 6.07 Å². The number of halogens is 1. The standard InChI is InChI=1S/C14H23BrS.C3H3NO2/c1-5-6-7-8-9-11-10-12(15)16-13(11)14(2,3)4;4-2-1-3(5)6/h10H,5-9H2,1-4H3;1H2,(H,5,6). The molecule has 0 aliphatic rings. The van der Waals surface area contributed by atoms with E-state index in [0.717, 1.165) is 0 Å². The molecular weight excluding hydrogens is 362 g/mol. The summed E-state index contributed by atoms with van der Waals surface area (Å²) in [6.45, 7) is 9.18. The number of aryl methyl sites for hydroxylation is 1. The van der Waals surface area contributed by atoms with Gasteiger partial charge in [0.2, 0.25) is 0 Å². The topological polar surface area (TPSA) is 61.1 Å². The number of carboxylic acids is 1. The van der Waals surface area contributed by atoms with E-state index in [4.69, 9.17) is 10.4 Å². The van der Waals surface area contributed by atoms with Crippen LogP contribution in [0, 0.1) is 11.3 Å². The molecule has 0 saturated carbocycles. The second-order valence-corrected chi connectivity index (χ2v) is 8.63. The lowest BCUT2D eigenvalue weighted by Crippen LogP contribution is -2.11. The minimum Gasteiger partial charge on any atom is -0.480 e. The zero-order chi connectivity index (χ0) is 17.2. The number of hydrogen-bond acceptors (Lipinski definition) is 3. The van der Waals surface area contributed by atoms with Crippen molar-refractivity contribution in [1.82, 2.24) is 0 Å². The molecule has 3 nitrogen and oxygen atoms in total. The zero-order valence-electron chi connectivity index (χ0n) is 13.9. The lowest BCUT2D eigenvalue weighted by atomic mass is 9.90. The van der Waals surface area contributed by atoms with Crippen molar-refractivity contribution in [3.05, 3.63) is 20.3 Å². The van der Waals surface area contributed by atoms with E-state index in [2.05, 4.69) is 49.7 Å². The molecule has 0 fully saturated rings. The van der Waals surface area contributed by atoms with Gasteiger partial charge in [0.1, 0.15) is 6.42 Å². The first-order valence-electron chi connectivity index (χ1n) is 7.59. The molecule has 0 aromatic carbocycles. The molecule has 0 aliphatic carbocycles. The Morgan fingerprint density at radius 1 is 1.36 bits per heavy atom. The molecule has 0 unspecified atom stereocenters. The van der Waals surface area contributed by atoms with Crippen LogP contribution in [-0.4, -0.2) is 11.1 Å². The van der Waals surface area contributed by atoms with E-state index < -0.39 is 12.4 Å². The Morgan fingerprint density at radius 2 is 2.00 bits per heavy atom. The molecule has 0 saturated heterocycles. The van der Waals surface area contributed by atoms with E-state index in [-0.39, 0.29) is 5.41 Å². The van der Waals surface area contributed by atoms with Crippen LogP contribution in [0.3, 0.4) is 0 Å². The molecule has 0 atom stereocenters. The van der Waals surface area contributed by atoms with Gasteiger partial charge in [-0.1, -0.05) is 47.0 Å². The summed E-state index contributed by atoms with van der Waals surface area (Å²) in [7, 11) is 0. The van der Waals surface area contributed by atoms with E-state index in [0.29, 0.717) is 0 Å². The van der Waals surface area contributed by atoms with Crippen LogP contribution in [0.4, 0.5) is 0 Å². The molecular formula is C17H26BrNO2S. The van der Waals surface area contributed by atoms with Crippen LogP contribution in [0.25, 0.3) is 0 Å². The van der Waals surface area contributed by atoms with Gasteiger partial charge in [0, 0.05) is 4.88 Å². The fraction of sp³-hybridized carbons (Fsp3) is 0.647. The predicted molar refractivity (Wildman–Crippen MR) is 96.4 cm³/mol. The molecule has 0 aliphatic heterocycles. The third-order valence-corrected chi connectivity index (χ3v) is 5.10. The molecule has 1 aromatic heterocycles. The third-order valence-electron chi connectivity index (χ3n) is 2.99. The number of thiophene rings is 1. The summed E-state index contributed by atoms with van der Waals surface area (Å²) in [5.41, 5.74) is 1.84. The SMILES string of the molecule is CCCCCCc1cc(Br)sc1C(C)(C)C.N#CCC(=O)O. The van der Waals surface area contributed by atoms with Crippen LogP contribution < -0.4 is 0 Å². The number of carbonyl (C=O) groups is 1. The van der Waals surface area contributed by atoms with Crippen molar-refractivity contribution < 1.29 is 9.90 Å². The molecule has 0 spiro atoms. The quantitative estimate of drug-likeness (QED) is 0.616. The van der Waals surface area contributed by atoms with Crippen LogP contribution in [0.1, 0.15) is 70.2 Å².